The summed E-state index contributed by atoms with van der Waals surface area (Å²) in [5.74, 6) is 0.408. The maximum absolute atomic E-state index is 12.4. The first-order valence-corrected chi connectivity index (χ1v) is 14.4. The van der Waals surface area contributed by atoms with Gasteiger partial charge in [-0.15, -0.1) is 11.3 Å². The number of nitrogens with zero attached hydrogens (tertiary/aromatic N) is 1. The smallest absolute Gasteiger partial charge is 0.323 e. The molecule has 0 saturated heterocycles. The van der Waals surface area contributed by atoms with Gasteiger partial charge < -0.3 is 16.4 Å². The Morgan fingerprint density at radius 2 is 1.58 bits per heavy atom. The highest BCUT2D eigenvalue weighted by molar-refractivity contribution is 7.92. The number of rotatable bonds is 6. The van der Waals surface area contributed by atoms with Crippen molar-refractivity contribution in [3.8, 4) is 22.3 Å². The molecule has 0 aliphatic rings. The number of nitrogens with two attached hydrogens (primary N) is 1. The molecule has 192 valence electrons. The van der Waals surface area contributed by atoms with E-state index < -0.39 is 10.0 Å². The van der Waals surface area contributed by atoms with Crippen LogP contribution in [0.5, 0.6) is 0 Å². The molecule has 3 aromatic carbocycles. The standard InChI is InChI=1S/C28H25N5O3S2/c1-17-5-3-7-21(13-17)32-28(34)31-20-11-9-18(10-12-20)24-16-37-26-23(15-30-27(29)25(24)26)19-6-4-8-22(14-19)33-38(2,35)36/h3-16,33H,1-2H3,(H2,29,30)(H2,31,32,34). The summed E-state index contributed by atoms with van der Waals surface area (Å²) in [7, 11) is -3.40. The molecule has 0 fully saturated rings. The summed E-state index contributed by atoms with van der Waals surface area (Å²) in [6.07, 6.45) is 2.82. The Balaban J connectivity index is 1.41. The number of carbonyl (C=O) groups excluding carboxylic acids is 1. The molecule has 2 heterocycles. The summed E-state index contributed by atoms with van der Waals surface area (Å²) in [6.45, 7) is 1.97. The third-order valence-corrected chi connectivity index (χ3v) is 7.45. The van der Waals surface area contributed by atoms with Crippen molar-refractivity contribution in [3.63, 3.8) is 0 Å². The number of hydrogen-bond acceptors (Lipinski definition) is 6. The molecule has 2 amide bonds. The zero-order valence-electron chi connectivity index (χ0n) is 20.6. The van der Waals surface area contributed by atoms with Crippen LogP contribution in [0.3, 0.4) is 0 Å². The van der Waals surface area contributed by atoms with Gasteiger partial charge in [0.2, 0.25) is 10.0 Å². The quantitative estimate of drug-likeness (QED) is 0.194. The van der Waals surface area contributed by atoms with Crippen LogP contribution in [0.15, 0.2) is 84.4 Å². The molecule has 5 N–H and O–H groups in total. The molecule has 10 heteroatoms. The number of aromatic nitrogens is 1. The molecule has 2 aromatic heterocycles. The van der Waals surface area contributed by atoms with Crippen LogP contribution in [0.4, 0.5) is 27.7 Å². The summed E-state index contributed by atoms with van der Waals surface area (Å²) < 4.78 is 26.8. The topological polar surface area (TPSA) is 126 Å². The largest absolute Gasteiger partial charge is 0.383 e. The van der Waals surface area contributed by atoms with Gasteiger partial charge in [0.1, 0.15) is 5.82 Å². The van der Waals surface area contributed by atoms with E-state index in [4.69, 9.17) is 5.73 Å². The van der Waals surface area contributed by atoms with E-state index in [2.05, 4.69) is 20.3 Å². The molecule has 0 bridgehead atoms. The zero-order valence-corrected chi connectivity index (χ0v) is 22.3. The number of sulfonamides is 1. The van der Waals surface area contributed by atoms with Crippen LogP contribution in [-0.2, 0) is 10.0 Å². The summed E-state index contributed by atoms with van der Waals surface area (Å²) in [4.78, 5) is 16.8. The van der Waals surface area contributed by atoms with Crippen molar-refractivity contribution in [2.24, 2.45) is 0 Å². The number of nitrogen functional groups attached to an aromatic ring is 1. The van der Waals surface area contributed by atoms with Crippen molar-refractivity contribution in [2.75, 3.05) is 27.3 Å². The molecule has 5 rings (SSSR count). The molecule has 0 atom stereocenters. The number of anilines is 4. The summed E-state index contributed by atoms with van der Waals surface area (Å²) in [5, 5.41) is 8.53. The predicted octanol–water partition coefficient (Wildman–Crippen LogP) is 6.54. The van der Waals surface area contributed by atoms with Crippen molar-refractivity contribution in [2.45, 2.75) is 6.92 Å². The predicted molar refractivity (Wildman–Crippen MR) is 157 cm³/mol. The van der Waals surface area contributed by atoms with Gasteiger partial charge in [-0.3, -0.25) is 4.72 Å². The lowest BCUT2D eigenvalue weighted by Gasteiger charge is -2.10. The van der Waals surface area contributed by atoms with E-state index in [1.165, 1.54) is 0 Å². The monoisotopic (exact) mass is 543 g/mol. The van der Waals surface area contributed by atoms with Crippen LogP contribution in [0.25, 0.3) is 32.3 Å². The number of hydrogen-bond donors (Lipinski definition) is 4. The normalized spacial score (nSPS) is 11.3. The zero-order chi connectivity index (χ0) is 26.9. The summed E-state index contributed by atoms with van der Waals surface area (Å²) >= 11 is 1.54. The molecule has 0 saturated carbocycles. The van der Waals surface area contributed by atoms with Gasteiger partial charge in [-0.05, 0) is 65.4 Å². The Morgan fingerprint density at radius 3 is 2.32 bits per heavy atom. The number of benzene rings is 3. The highest BCUT2D eigenvalue weighted by atomic mass is 32.2. The molecule has 0 aliphatic carbocycles. The van der Waals surface area contributed by atoms with Crippen LogP contribution < -0.4 is 21.1 Å². The van der Waals surface area contributed by atoms with E-state index in [0.29, 0.717) is 17.2 Å². The third-order valence-electron chi connectivity index (χ3n) is 5.83. The van der Waals surface area contributed by atoms with Crippen LogP contribution in [0.2, 0.25) is 0 Å². The van der Waals surface area contributed by atoms with Crippen molar-refractivity contribution >= 4 is 60.4 Å². The highest BCUT2D eigenvalue weighted by Gasteiger charge is 2.16. The number of aryl methyl sites for hydroxylation is 1. The third kappa shape index (κ3) is 5.61. The van der Waals surface area contributed by atoms with Crippen molar-refractivity contribution in [3.05, 3.63) is 89.9 Å². The molecule has 0 aliphatic heterocycles. The molecule has 0 radical (unpaired) electrons. The maximum Gasteiger partial charge on any atom is 0.323 e. The Kier molecular flexibility index (Phi) is 6.75. The van der Waals surface area contributed by atoms with Gasteiger partial charge in [0.05, 0.1) is 6.26 Å². The first-order valence-electron chi connectivity index (χ1n) is 11.7. The molecular weight excluding hydrogens is 518 g/mol. The minimum atomic E-state index is -3.40. The Hall–Kier alpha value is -4.41. The molecule has 0 spiro atoms. The molecule has 5 aromatic rings. The fraction of sp³-hybridized carbons (Fsp3) is 0.0714. The second-order valence-electron chi connectivity index (χ2n) is 8.89. The minimum Gasteiger partial charge on any atom is -0.383 e. The number of nitrogens with one attached hydrogen (secondary N) is 3. The number of urea groups is 1. The van der Waals surface area contributed by atoms with Gasteiger partial charge in [-0.25, -0.2) is 18.2 Å². The van der Waals surface area contributed by atoms with E-state index in [1.54, 1.807) is 35.7 Å². The Bertz CT molecular complexity index is 1760. The van der Waals surface area contributed by atoms with E-state index in [9.17, 15) is 13.2 Å². The van der Waals surface area contributed by atoms with Crippen LogP contribution in [-0.4, -0.2) is 25.7 Å². The van der Waals surface area contributed by atoms with Crippen LogP contribution in [0, 0.1) is 6.92 Å². The molecule has 0 unspecified atom stereocenters. The SMILES string of the molecule is Cc1cccc(NC(=O)Nc2ccc(-c3csc4c(-c5cccc(NS(C)(=O)=O)c5)cnc(N)c34)cc2)c1. The van der Waals surface area contributed by atoms with E-state index in [0.717, 1.165) is 49.8 Å². The first kappa shape index (κ1) is 25.2. The van der Waals surface area contributed by atoms with Gasteiger partial charge >= 0.3 is 6.03 Å². The molecule has 8 nitrogen and oxygen atoms in total. The second-order valence-corrected chi connectivity index (χ2v) is 11.5. The number of fused-ring (bicyclic) bond motifs is 1. The Morgan fingerprint density at radius 1 is 0.868 bits per heavy atom. The van der Waals surface area contributed by atoms with E-state index >= 15 is 0 Å². The van der Waals surface area contributed by atoms with E-state index in [1.807, 2.05) is 66.9 Å². The molecule has 38 heavy (non-hydrogen) atoms. The number of pyridine rings is 1. The maximum atomic E-state index is 12.4. The number of thiophene rings is 1. The fourth-order valence-corrected chi connectivity index (χ4v) is 5.87. The Labute approximate surface area is 224 Å². The second kappa shape index (κ2) is 10.2. The lowest BCUT2D eigenvalue weighted by molar-refractivity contribution is 0.262. The first-order chi connectivity index (χ1) is 18.2. The van der Waals surface area contributed by atoms with E-state index in [-0.39, 0.29) is 6.03 Å². The van der Waals surface area contributed by atoms with Crippen molar-refractivity contribution in [1.29, 1.82) is 0 Å². The highest BCUT2D eigenvalue weighted by Crippen LogP contribution is 2.42. The lowest BCUT2D eigenvalue weighted by Crippen LogP contribution is -2.19. The van der Waals surface area contributed by atoms with Crippen molar-refractivity contribution < 1.29 is 13.2 Å². The van der Waals surface area contributed by atoms with Crippen molar-refractivity contribution in [1.82, 2.24) is 4.98 Å². The molecular formula is C28H25N5O3S2. The summed E-state index contributed by atoms with van der Waals surface area (Å²) in [5.41, 5.74) is 12.8. The average Bonchev–Trinajstić information content (AvgIpc) is 3.30. The average molecular weight is 544 g/mol. The lowest BCUT2D eigenvalue weighted by atomic mass is 10.0. The van der Waals surface area contributed by atoms with Crippen LogP contribution in [0.1, 0.15) is 5.56 Å². The van der Waals surface area contributed by atoms with Gasteiger partial charge in [0.25, 0.3) is 0 Å². The van der Waals surface area contributed by atoms with Gasteiger partial charge in [-0.2, -0.15) is 0 Å². The van der Waals surface area contributed by atoms with Gasteiger partial charge in [0, 0.05) is 44.5 Å². The summed E-state index contributed by atoms with van der Waals surface area (Å²) in [6, 6.07) is 22.0. The van der Waals surface area contributed by atoms with Gasteiger partial charge in [-0.1, -0.05) is 36.4 Å². The minimum absolute atomic E-state index is 0.324. The van der Waals surface area contributed by atoms with Crippen LogP contribution >= 0.6 is 11.3 Å². The number of amides is 2. The number of carbonyl (C=O) groups is 1. The fourth-order valence-electron chi connectivity index (χ4n) is 4.20. The van der Waals surface area contributed by atoms with Gasteiger partial charge in [0.15, 0.2) is 0 Å².